The Balaban J connectivity index is 3.97. The van der Waals surface area contributed by atoms with Crippen molar-refractivity contribution >= 4 is 16.1 Å². The minimum atomic E-state index is -3.78. The maximum Gasteiger partial charge on any atom is 0.360 e. The zero-order chi connectivity index (χ0) is 11.4. The third kappa shape index (κ3) is 6.81. The van der Waals surface area contributed by atoms with Crippen molar-refractivity contribution in [1.29, 1.82) is 0 Å². The van der Waals surface area contributed by atoms with E-state index in [1.165, 1.54) is 0 Å². The summed E-state index contributed by atoms with van der Waals surface area (Å²) in [4.78, 5) is 15.0. The molecule has 0 aromatic rings. The monoisotopic (exact) mass is 225 g/mol. The molecule has 0 rings (SSSR count). The molecule has 7 heteroatoms. The van der Waals surface area contributed by atoms with Gasteiger partial charge >= 0.3 is 5.97 Å². The second kappa shape index (κ2) is 5.28. The van der Waals surface area contributed by atoms with Crippen LogP contribution >= 0.6 is 0 Å². The van der Waals surface area contributed by atoms with Gasteiger partial charge in [-0.3, -0.25) is 4.89 Å². The standard InChI is InChI=1S/C7H15NO5S/c1-5(2)4-6(8)7(9)12-13-14(3,10)11/h5-6H,4,8H2,1-3H3/t6-/m0/s1. The Labute approximate surface area is 83.4 Å². The molecule has 2 N–H and O–H groups in total. The highest BCUT2D eigenvalue weighted by Crippen LogP contribution is 2.04. The Kier molecular flexibility index (Phi) is 5.03. The quantitative estimate of drug-likeness (QED) is 0.514. The molecule has 0 saturated carbocycles. The molecule has 0 spiro atoms. The van der Waals surface area contributed by atoms with Crippen molar-refractivity contribution in [3.05, 3.63) is 0 Å². The van der Waals surface area contributed by atoms with Gasteiger partial charge in [0.2, 0.25) is 0 Å². The third-order valence-corrected chi connectivity index (χ3v) is 1.58. The van der Waals surface area contributed by atoms with Crippen LogP contribution in [-0.2, 0) is 24.1 Å². The van der Waals surface area contributed by atoms with Gasteiger partial charge < -0.3 is 5.73 Å². The van der Waals surface area contributed by atoms with E-state index in [4.69, 9.17) is 5.73 Å². The molecule has 0 aliphatic rings. The Hall–Kier alpha value is -0.660. The summed E-state index contributed by atoms with van der Waals surface area (Å²) in [6.45, 7) is 3.76. The van der Waals surface area contributed by atoms with Crippen molar-refractivity contribution in [2.45, 2.75) is 26.3 Å². The van der Waals surface area contributed by atoms with E-state index in [-0.39, 0.29) is 5.92 Å². The number of rotatable bonds is 5. The molecule has 0 saturated heterocycles. The summed E-state index contributed by atoms with van der Waals surface area (Å²) in [6, 6.07) is -0.864. The van der Waals surface area contributed by atoms with Crippen LogP contribution in [0.25, 0.3) is 0 Å². The predicted octanol–water partition coefficient (Wildman–Crippen LogP) is -0.206. The van der Waals surface area contributed by atoms with Gasteiger partial charge in [-0.05, 0) is 12.3 Å². The molecule has 0 aliphatic carbocycles. The summed E-state index contributed by atoms with van der Waals surface area (Å²) in [7, 11) is -3.78. The van der Waals surface area contributed by atoms with E-state index < -0.39 is 22.1 Å². The molecule has 0 aliphatic heterocycles. The average molecular weight is 225 g/mol. The van der Waals surface area contributed by atoms with E-state index >= 15 is 0 Å². The molecule has 1 atom stereocenters. The smallest absolute Gasteiger partial charge is 0.318 e. The largest absolute Gasteiger partial charge is 0.360 e. The summed E-state index contributed by atoms with van der Waals surface area (Å²) in [5.41, 5.74) is 5.40. The maximum absolute atomic E-state index is 11.0. The lowest BCUT2D eigenvalue weighted by Gasteiger charge is -2.10. The third-order valence-electron chi connectivity index (χ3n) is 1.27. The van der Waals surface area contributed by atoms with E-state index in [1.807, 2.05) is 13.8 Å². The van der Waals surface area contributed by atoms with Gasteiger partial charge in [0.1, 0.15) is 6.04 Å². The Morgan fingerprint density at radius 3 is 2.29 bits per heavy atom. The predicted molar refractivity (Wildman–Crippen MR) is 49.5 cm³/mol. The van der Waals surface area contributed by atoms with E-state index in [0.29, 0.717) is 6.42 Å². The number of nitrogens with two attached hydrogens (primary N) is 1. The molecule has 0 radical (unpaired) electrons. The van der Waals surface area contributed by atoms with Gasteiger partial charge in [-0.1, -0.05) is 18.2 Å². The van der Waals surface area contributed by atoms with Crippen molar-refractivity contribution in [3.63, 3.8) is 0 Å². The lowest BCUT2D eigenvalue weighted by Crippen LogP contribution is -2.34. The first-order valence-corrected chi connectivity index (χ1v) is 5.89. The zero-order valence-electron chi connectivity index (χ0n) is 8.39. The molecular formula is C7H15NO5S. The molecule has 0 aromatic heterocycles. The summed E-state index contributed by atoms with van der Waals surface area (Å²) < 4.78 is 24.7. The van der Waals surface area contributed by atoms with Crippen LogP contribution in [0.3, 0.4) is 0 Å². The molecule has 0 fully saturated rings. The normalized spacial score (nSPS) is 14.1. The molecule has 6 nitrogen and oxygen atoms in total. The molecular weight excluding hydrogens is 210 g/mol. The van der Waals surface area contributed by atoms with E-state index in [2.05, 4.69) is 9.22 Å². The Bertz CT molecular complexity index is 284. The van der Waals surface area contributed by atoms with Crippen molar-refractivity contribution in [1.82, 2.24) is 0 Å². The van der Waals surface area contributed by atoms with Crippen molar-refractivity contribution in [3.8, 4) is 0 Å². The van der Waals surface area contributed by atoms with Crippen LogP contribution in [0.1, 0.15) is 20.3 Å². The molecule has 14 heavy (non-hydrogen) atoms. The summed E-state index contributed by atoms with van der Waals surface area (Å²) >= 11 is 0. The highest BCUT2D eigenvalue weighted by molar-refractivity contribution is 7.85. The van der Waals surface area contributed by atoms with Crippen molar-refractivity contribution in [2.75, 3.05) is 6.26 Å². The SMILES string of the molecule is CC(C)C[C@H](N)C(=O)OOS(C)(=O)=O. The van der Waals surface area contributed by atoms with Crippen molar-refractivity contribution in [2.24, 2.45) is 11.7 Å². The fourth-order valence-corrected chi connectivity index (χ4v) is 0.952. The zero-order valence-corrected chi connectivity index (χ0v) is 9.21. The molecule has 0 unspecified atom stereocenters. The molecule has 0 aromatic carbocycles. The average Bonchev–Trinajstić information content (AvgIpc) is 1.97. The van der Waals surface area contributed by atoms with Crippen LogP contribution in [0, 0.1) is 5.92 Å². The van der Waals surface area contributed by atoms with Gasteiger partial charge in [-0.25, -0.2) is 4.79 Å². The first-order valence-electron chi connectivity index (χ1n) is 4.08. The lowest BCUT2D eigenvalue weighted by atomic mass is 10.1. The molecule has 0 bridgehead atoms. The first-order chi connectivity index (χ1) is 6.22. The van der Waals surface area contributed by atoms with E-state index in [1.54, 1.807) is 0 Å². The first kappa shape index (κ1) is 13.3. The van der Waals surface area contributed by atoms with Crippen LogP contribution in [-0.4, -0.2) is 26.7 Å². The lowest BCUT2D eigenvalue weighted by molar-refractivity contribution is -0.212. The molecule has 0 heterocycles. The highest BCUT2D eigenvalue weighted by Gasteiger charge is 2.19. The Morgan fingerprint density at radius 1 is 1.43 bits per heavy atom. The van der Waals surface area contributed by atoms with Gasteiger partial charge in [0.25, 0.3) is 10.1 Å². The van der Waals surface area contributed by atoms with Gasteiger partial charge in [0.15, 0.2) is 0 Å². The van der Waals surface area contributed by atoms with Gasteiger partial charge in [0, 0.05) is 0 Å². The summed E-state index contributed by atoms with van der Waals surface area (Å²) in [5, 5.41) is 0. The molecule has 84 valence electrons. The van der Waals surface area contributed by atoms with Crippen LogP contribution < -0.4 is 5.73 Å². The topological polar surface area (TPSA) is 95.7 Å². The summed E-state index contributed by atoms with van der Waals surface area (Å²) in [5.74, 6) is -0.667. The van der Waals surface area contributed by atoms with Gasteiger partial charge in [-0.15, -0.1) is 0 Å². The van der Waals surface area contributed by atoms with Crippen molar-refractivity contribution < 1.29 is 22.4 Å². The highest BCUT2D eigenvalue weighted by atomic mass is 32.2. The van der Waals surface area contributed by atoms with Gasteiger partial charge in [0.05, 0.1) is 6.26 Å². The number of carbonyl (C=O) groups excluding carboxylic acids is 1. The second-order valence-corrected chi connectivity index (χ2v) is 4.95. The number of carbonyl (C=O) groups is 1. The van der Waals surface area contributed by atoms with Crippen LogP contribution in [0.4, 0.5) is 0 Å². The minimum absolute atomic E-state index is 0.218. The number of hydrogen-bond acceptors (Lipinski definition) is 6. The fourth-order valence-electron chi connectivity index (χ4n) is 0.761. The minimum Gasteiger partial charge on any atom is -0.318 e. The van der Waals surface area contributed by atoms with E-state index in [9.17, 15) is 13.2 Å². The number of hydrogen-bond donors (Lipinski definition) is 1. The van der Waals surface area contributed by atoms with Crippen LogP contribution in [0.5, 0.6) is 0 Å². The van der Waals surface area contributed by atoms with Crippen LogP contribution in [0.15, 0.2) is 0 Å². The van der Waals surface area contributed by atoms with E-state index in [0.717, 1.165) is 6.26 Å². The molecule has 0 amide bonds. The second-order valence-electron chi connectivity index (χ2n) is 3.41. The fraction of sp³-hybridized carbons (Fsp3) is 0.857. The van der Waals surface area contributed by atoms with Crippen LogP contribution in [0.2, 0.25) is 0 Å². The Morgan fingerprint density at radius 2 is 1.93 bits per heavy atom. The summed E-state index contributed by atoms with van der Waals surface area (Å²) in [6.07, 6.45) is 1.18. The van der Waals surface area contributed by atoms with Gasteiger partial charge in [-0.2, -0.15) is 8.42 Å². The maximum atomic E-state index is 11.0.